The Kier molecular flexibility index (Phi) is 5.73. The Hall–Kier alpha value is -2.38. The monoisotopic (exact) mass is 375 g/mol. The molecule has 0 spiro atoms. The molecule has 2 aromatic carbocycles. The number of nitrogens with one attached hydrogen (secondary N) is 2. The molecule has 2 N–H and O–H groups in total. The summed E-state index contributed by atoms with van der Waals surface area (Å²) in [5.74, 6) is -0.254. The zero-order valence-electron chi connectivity index (χ0n) is 15.7. The lowest BCUT2D eigenvalue weighted by atomic mass is 9.87. The lowest BCUT2D eigenvalue weighted by Gasteiger charge is -2.19. The summed E-state index contributed by atoms with van der Waals surface area (Å²) in [4.78, 5) is 12.3. The summed E-state index contributed by atoms with van der Waals surface area (Å²) in [5.41, 5.74) is 2.79. The van der Waals surface area contributed by atoms with Crippen LogP contribution >= 0.6 is 0 Å². The highest BCUT2D eigenvalue weighted by molar-refractivity contribution is 7.90. The molecule has 140 valence electrons. The first-order valence-electron chi connectivity index (χ1n) is 8.21. The van der Waals surface area contributed by atoms with Gasteiger partial charge >= 0.3 is 10.2 Å². The van der Waals surface area contributed by atoms with Crippen molar-refractivity contribution in [2.45, 2.75) is 26.2 Å². The molecule has 0 unspecified atom stereocenters. The second-order valence-electron chi connectivity index (χ2n) is 7.25. The summed E-state index contributed by atoms with van der Waals surface area (Å²) in [6.45, 7) is 6.39. The second-order valence-corrected chi connectivity index (χ2v) is 9.13. The molecule has 0 aliphatic carbocycles. The van der Waals surface area contributed by atoms with Gasteiger partial charge in [0.05, 0.1) is 0 Å². The van der Waals surface area contributed by atoms with Crippen molar-refractivity contribution in [2.24, 2.45) is 0 Å². The highest BCUT2D eigenvalue weighted by Crippen LogP contribution is 2.23. The van der Waals surface area contributed by atoms with E-state index in [1.807, 2.05) is 24.3 Å². The smallest absolute Gasteiger partial charge is 0.301 e. The van der Waals surface area contributed by atoms with Crippen LogP contribution in [-0.2, 0) is 15.6 Å². The lowest BCUT2D eigenvalue weighted by molar-refractivity contribution is 0.102. The maximum Gasteiger partial charge on any atom is 0.301 e. The fourth-order valence-electron chi connectivity index (χ4n) is 2.19. The van der Waals surface area contributed by atoms with Crippen molar-refractivity contribution in [1.29, 1.82) is 0 Å². The zero-order valence-corrected chi connectivity index (χ0v) is 16.5. The summed E-state index contributed by atoms with van der Waals surface area (Å²) in [7, 11) is -0.687. The van der Waals surface area contributed by atoms with Crippen LogP contribution in [0.5, 0.6) is 0 Å². The van der Waals surface area contributed by atoms with E-state index in [4.69, 9.17) is 0 Å². The van der Waals surface area contributed by atoms with E-state index < -0.39 is 10.2 Å². The maximum absolute atomic E-state index is 12.3. The van der Waals surface area contributed by atoms with Crippen molar-refractivity contribution in [1.82, 2.24) is 4.31 Å². The normalized spacial score (nSPS) is 12.1. The molecule has 7 heteroatoms. The first-order chi connectivity index (χ1) is 12.0. The molecule has 0 atom stereocenters. The molecule has 0 aliphatic heterocycles. The van der Waals surface area contributed by atoms with Gasteiger partial charge in [-0.2, -0.15) is 12.7 Å². The van der Waals surface area contributed by atoms with Gasteiger partial charge in [-0.05, 0) is 47.4 Å². The van der Waals surface area contributed by atoms with Crippen LogP contribution in [0.2, 0.25) is 0 Å². The molecule has 1 amide bonds. The van der Waals surface area contributed by atoms with Gasteiger partial charge < -0.3 is 5.32 Å². The third-order valence-electron chi connectivity index (χ3n) is 3.88. The Morgan fingerprint density at radius 3 is 1.85 bits per heavy atom. The molecule has 2 rings (SSSR count). The number of amides is 1. The fraction of sp³-hybridized carbons (Fsp3) is 0.316. The predicted molar refractivity (Wildman–Crippen MR) is 106 cm³/mol. The number of anilines is 2. The average molecular weight is 375 g/mol. The Morgan fingerprint density at radius 2 is 1.38 bits per heavy atom. The molecule has 0 heterocycles. The Balaban J connectivity index is 2.06. The quantitative estimate of drug-likeness (QED) is 0.840. The Bertz CT molecular complexity index is 866. The standard InChI is InChI=1S/C19H25N3O3S/c1-19(2,3)15-8-12-16(13-9-15)20-18(23)14-6-10-17(11-7-14)21-26(24,25)22(4)5/h6-13,21H,1-5H3,(H,20,23). The summed E-state index contributed by atoms with van der Waals surface area (Å²) < 4.78 is 27.1. The second kappa shape index (κ2) is 7.47. The van der Waals surface area contributed by atoms with Crippen LogP contribution in [0.25, 0.3) is 0 Å². The number of nitrogens with zero attached hydrogens (tertiary/aromatic N) is 1. The number of benzene rings is 2. The minimum atomic E-state index is -3.57. The fourth-order valence-corrected chi connectivity index (χ4v) is 2.80. The molecule has 0 aromatic heterocycles. The van der Waals surface area contributed by atoms with E-state index in [1.165, 1.54) is 19.7 Å². The lowest BCUT2D eigenvalue weighted by Crippen LogP contribution is -2.28. The molecule has 0 bridgehead atoms. The van der Waals surface area contributed by atoms with Gasteiger partial charge in [-0.15, -0.1) is 0 Å². The SMILES string of the molecule is CN(C)S(=O)(=O)Nc1ccc(C(=O)Nc2ccc(C(C)(C)C)cc2)cc1. The van der Waals surface area contributed by atoms with Crippen molar-refractivity contribution < 1.29 is 13.2 Å². The van der Waals surface area contributed by atoms with E-state index in [9.17, 15) is 13.2 Å². The Labute approximate surface area is 155 Å². The van der Waals surface area contributed by atoms with Gasteiger partial charge in [0.1, 0.15) is 0 Å². The van der Waals surface area contributed by atoms with Crippen molar-refractivity contribution in [3.8, 4) is 0 Å². The topological polar surface area (TPSA) is 78.5 Å². The highest BCUT2D eigenvalue weighted by atomic mass is 32.2. The van der Waals surface area contributed by atoms with E-state index in [0.717, 1.165) is 4.31 Å². The minimum Gasteiger partial charge on any atom is -0.322 e. The highest BCUT2D eigenvalue weighted by Gasteiger charge is 2.15. The van der Waals surface area contributed by atoms with Crippen molar-refractivity contribution in [3.63, 3.8) is 0 Å². The Morgan fingerprint density at radius 1 is 0.885 bits per heavy atom. The van der Waals surface area contributed by atoms with Gasteiger partial charge in [-0.3, -0.25) is 9.52 Å². The molecule has 0 fully saturated rings. The van der Waals surface area contributed by atoms with Crippen LogP contribution in [0.3, 0.4) is 0 Å². The van der Waals surface area contributed by atoms with Crippen LogP contribution in [0.15, 0.2) is 48.5 Å². The number of hydrogen-bond acceptors (Lipinski definition) is 3. The van der Waals surface area contributed by atoms with Crippen LogP contribution in [-0.4, -0.2) is 32.7 Å². The van der Waals surface area contributed by atoms with E-state index in [0.29, 0.717) is 16.9 Å². The van der Waals surface area contributed by atoms with Crippen LogP contribution in [0.1, 0.15) is 36.7 Å². The molecule has 0 saturated carbocycles. The molecule has 0 aliphatic rings. The summed E-state index contributed by atoms with van der Waals surface area (Å²) in [6, 6.07) is 14.0. The van der Waals surface area contributed by atoms with Gasteiger partial charge in [-0.1, -0.05) is 32.9 Å². The largest absolute Gasteiger partial charge is 0.322 e. The first-order valence-corrected chi connectivity index (χ1v) is 9.65. The minimum absolute atomic E-state index is 0.0538. The third-order valence-corrected chi connectivity index (χ3v) is 5.34. The number of rotatable bonds is 5. The van der Waals surface area contributed by atoms with Crippen molar-refractivity contribution in [3.05, 3.63) is 59.7 Å². The van der Waals surface area contributed by atoms with E-state index >= 15 is 0 Å². The summed E-state index contributed by atoms with van der Waals surface area (Å²) in [5, 5.41) is 2.84. The van der Waals surface area contributed by atoms with Gasteiger partial charge in [0.2, 0.25) is 0 Å². The van der Waals surface area contributed by atoms with Crippen molar-refractivity contribution >= 4 is 27.5 Å². The van der Waals surface area contributed by atoms with Crippen LogP contribution in [0.4, 0.5) is 11.4 Å². The first kappa shape index (κ1) is 19.9. The number of hydrogen-bond donors (Lipinski definition) is 2. The molecular weight excluding hydrogens is 350 g/mol. The van der Waals surface area contributed by atoms with Gasteiger partial charge in [0, 0.05) is 31.0 Å². The molecule has 26 heavy (non-hydrogen) atoms. The van der Waals surface area contributed by atoms with E-state index in [-0.39, 0.29) is 11.3 Å². The molecule has 6 nitrogen and oxygen atoms in total. The summed E-state index contributed by atoms with van der Waals surface area (Å²) in [6.07, 6.45) is 0. The average Bonchev–Trinajstić information content (AvgIpc) is 2.54. The van der Waals surface area contributed by atoms with Crippen LogP contribution < -0.4 is 10.0 Å². The van der Waals surface area contributed by atoms with Crippen LogP contribution in [0, 0.1) is 0 Å². The number of carbonyl (C=O) groups is 1. The van der Waals surface area contributed by atoms with Gasteiger partial charge in [0.25, 0.3) is 5.91 Å². The van der Waals surface area contributed by atoms with Gasteiger partial charge in [-0.25, -0.2) is 0 Å². The van der Waals surface area contributed by atoms with Crippen molar-refractivity contribution in [2.75, 3.05) is 24.1 Å². The maximum atomic E-state index is 12.3. The zero-order chi connectivity index (χ0) is 19.5. The molecule has 0 radical (unpaired) electrons. The molecule has 2 aromatic rings. The van der Waals surface area contributed by atoms with Gasteiger partial charge in [0.15, 0.2) is 0 Å². The third kappa shape index (κ3) is 5.06. The molecular formula is C19H25N3O3S. The number of carbonyl (C=O) groups excluding carboxylic acids is 1. The van der Waals surface area contributed by atoms with E-state index in [1.54, 1.807) is 24.3 Å². The molecule has 0 saturated heterocycles. The summed E-state index contributed by atoms with van der Waals surface area (Å²) >= 11 is 0. The van der Waals surface area contributed by atoms with E-state index in [2.05, 4.69) is 30.8 Å². The predicted octanol–water partition coefficient (Wildman–Crippen LogP) is 3.45.